The Morgan fingerprint density at radius 1 is 0.741 bits per heavy atom. The maximum absolute atomic E-state index is 12.5. The molecule has 3 rings (SSSR count). The summed E-state index contributed by atoms with van der Waals surface area (Å²) in [7, 11) is -3.71. The highest BCUT2D eigenvalue weighted by Gasteiger charge is 2.15. The molecule has 3 N–H and O–H groups in total. The third kappa shape index (κ3) is 4.86. The first-order chi connectivity index (χ1) is 12.9. The van der Waals surface area contributed by atoms with E-state index in [1.807, 2.05) is 37.3 Å². The Balaban J connectivity index is 1.67. The van der Waals surface area contributed by atoms with E-state index in [0.717, 1.165) is 5.56 Å². The predicted molar refractivity (Wildman–Crippen MR) is 108 cm³/mol. The molecule has 0 saturated heterocycles. The molecule has 0 aliphatic rings. The van der Waals surface area contributed by atoms with Crippen LogP contribution in [0.5, 0.6) is 0 Å². The fraction of sp³-hybridized carbons (Fsp3) is 0.0500. The van der Waals surface area contributed by atoms with Gasteiger partial charge in [0.25, 0.3) is 10.0 Å². The Labute approximate surface area is 158 Å². The summed E-state index contributed by atoms with van der Waals surface area (Å²) in [6.45, 7) is 1.83. The largest absolute Gasteiger partial charge is 0.323 e. The van der Waals surface area contributed by atoms with Crippen LogP contribution in [0, 0.1) is 6.92 Å². The summed E-state index contributed by atoms with van der Waals surface area (Å²) in [4.78, 5) is 12.1. The summed E-state index contributed by atoms with van der Waals surface area (Å²) in [6, 6.07) is 21.7. The second-order valence-corrected chi connectivity index (χ2v) is 7.57. The number of hydrogen-bond acceptors (Lipinski definition) is 3. The van der Waals surface area contributed by atoms with E-state index in [2.05, 4.69) is 15.4 Å². The minimum Gasteiger partial charge on any atom is -0.308 e. The lowest BCUT2D eigenvalue weighted by Gasteiger charge is -2.11. The van der Waals surface area contributed by atoms with E-state index in [0.29, 0.717) is 17.1 Å². The van der Waals surface area contributed by atoms with Crippen molar-refractivity contribution in [1.82, 2.24) is 0 Å². The SMILES string of the molecule is Cc1ccccc1NS(=O)(=O)c1ccc(NC(=O)Nc2ccccc2)cc1. The van der Waals surface area contributed by atoms with E-state index in [1.165, 1.54) is 24.3 Å². The van der Waals surface area contributed by atoms with E-state index in [4.69, 9.17) is 0 Å². The number of sulfonamides is 1. The average molecular weight is 381 g/mol. The van der Waals surface area contributed by atoms with Crippen LogP contribution >= 0.6 is 0 Å². The van der Waals surface area contributed by atoms with E-state index in [-0.39, 0.29) is 4.90 Å². The third-order valence-corrected chi connectivity index (χ3v) is 5.22. The van der Waals surface area contributed by atoms with Crippen LogP contribution in [0.3, 0.4) is 0 Å². The van der Waals surface area contributed by atoms with Crippen molar-refractivity contribution in [2.45, 2.75) is 11.8 Å². The van der Waals surface area contributed by atoms with Gasteiger partial charge in [0.1, 0.15) is 0 Å². The van der Waals surface area contributed by atoms with Crippen LogP contribution in [0.4, 0.5) is 21.9 Å². The van der Waals surface area contributed by atoms with Crippen molar-refractivity contribution in [3.8, 4) is 0 Å². The molecule has 0 aromatic heterocycles. The summed E-state index contributed by atoms with van der Waals surface area (Å²) in [5.41, 5.74) is 2.51. The van der Waals surface area contributed by atoms with Crippen LogP contribution in [-0.4, -0.2) is 14.4 Å². The standard InChI is InChI=1S/C20H19N3O3S/c1-15-7-5-6-10-19(15)23-27(25,26)18-13-11-17(12-14-18)22-20(24)21-16-8-3-2-4-9-16/h2-14,23H,1H3,(H2,21,22,24). The molecule has 0 spiro atoms. The van der Waals surface area contributed by atoms with Gasteiger partial charge in [-0.15, -0.1) is 0 Å². The number of aryl methyl sites for hydroxylation is 1. The van der Waals surface area contributed by atoms with E-state index < -0.39 is 16.1 Å². The summed E-state index contributed by atoms with van der Waals surface area (Å²) >= 11 is 0. The van der Waals surface area contributed by atoms with Crippen LogP contribution in [0.1, 0.15) is 5.56 Å². The normalized spacial score (nSPS) is 10.9. The van der Waals surface area contributed by atoms with Gasteiger partial charge in [-0.25, -0.2) is 13.2 Å². The summed E-state index contributed by atoms with van der Waals surface area (Å²) in [5.74, 6) is 0. The van der Waals surface area contributed by atoms with Gasteiger partial charge in [-0.1, -0.05) is 36.4 Å². The molecule has 7 heteroatoms. The molecule has 0 bridgehead atoms. The van der Waals surface area contributed by atoms with Crippen LogP contribution in [0.15, 0.2) is 83.8 Å². The topological polar surface area (TPSA) is 87.3 Å². The zero-order valence-corrected chi connectivity index (χ0v) is 15.5. The molecule has 3 aromatic rings. The Hall–Kier alpha value is -3.32. The first-order valence-corrected chi connectivity index (χ1v) is 9.74. The van der Waals surface area contributed by atoms with Gasteiger partial charge in [0, 0.05) is 11.4 Å². The molecular weight excluding hydrogens is 362 g/mol. The van der Waals surface area contributed by atoms with E-state index in [1.54, 1.807) is 24.3 Å². The first-order valence-electron chi connectivity index (χ1n) is 8.26. The van der Waals surface area contributed by atoms with Gasteiger partial charge in [0.05, 0.1) is 10.6 Å². The van der Waals surface area contributed by atoms with Gasteiger partial charge >= 0.3 is 6.03 Å². The molecule has 0 aliphatic heterocycles. The maximum Gasteiger partial charge on any atom is 0.323 e. The average Bonchev–Trinajstić information content (AvgIpc) is 2.65. The highest BCUT2D eigenvalue weighted by molar-refractivity contribution is 7.92. The molecule has 0 fully saturated rings. The van der Waals surface area contributed by atoms with Gasteiger partial charge in [0.15, 0.2) is 0 Å². The number of hydrogen-bond donors (Lipinski definition) is 3. The number of urea groups is 1. The predicted octanol–water partition coefficient (Wildman–Crippen LogP) is 4.44. The van der Waals surface area contributed by atoms with Gasteiger partial charge in [-0.05, 0) is 55.0 Å². The number of para-hydroxylation sites is 2. The summed E-state index contributed by atoms with van der Waals surface area (Å²) in [6.07, 6.45) is 0. The van der Waals surface area contributed by atoms with Crippen LogP contribution in [-0.2, 0) is 10.0 Å². The highest BCUT2D eigenvalue weighted by atomic mass is 32.2. The van der Waals surface area contributed by atoms with Crippen molar-refractivity contribution in [3.63, 3.8) is 0 Å². The number of rotatable bonds is 5. The smallest absolute Gasteiger partial charge is 0.308 e. The Bertz CT molecular complexity index is 1030. The molecular formula is C20H19N3O3S. The molecule has 138 valence electrons. The third-order valence-electron chi connectivity index (χ3n) is 3.84. The van der Waals surface area contributed by atoms with Crippen molar-refractivity contribution in [2.24, 2.45) is 0 Å². The second kappa shape index (κ2) is 7.92. The molecule has 0 aliphatic carbocycles. The monoisotopic (exact) mass is 381 g/mol. The van der Waals surface area contributed by atoms with Crippen LogP contribution < -0.4 is 15.4 Å². The highest BCUT2D eigenvalue weighted by Crippen LogP contribution is 2.20. The number of carbonyl (C=O) groups excluding carboxylic acids is 1. The fourth-order valence-electron chi connectivity index (χ4n) is 2.42. The van der Waals surface area contributed by atoms with Crippen molar-refractivity contribution in [3.05, 3.63) is 84.4 Å². The molecule has 3 aromatic carbocycles. The van der Waals surface area contributed by atoms with Gasteiger partial charge in [-0.2, -0.15) is 0 Å². The lowest BCUT2D eigenvalue weighted by molar-refractivity contribution is 0.262. The van der Waals surface area contributed by atoms with Crippen LogP contribution in [0.25, 0.3) is 0 Å². The molecule has 27 heavy (non-hydrogen) atoms. The number of nitrogens with one attached hydrogen (secondary N) is 3. The van der Waals surface area contributed by atoms with E-state index >= 15 is 0 Å². The zero-order chi connectivity index (χ0) is 19.3. The number of anilines is 3. The lowest BCUT2D eigenvalue weighted by Crippen LogP contribution is -2.19. The fourth-order valence-corrected chi connectivity index (χ4v) is 3.55. The Kier molecular flexibility index (Phi) is 5.42. The minimum absolute atomic E-state index is 0.111. The molecule has 0 atom stereocenters. The van der Waals surface area contributed by atoms with Crippen molar-refractivity contribution in [1.29, 1.82) is 0 Å². The number of benzene rings is 3. The Morgan fingerprint density at radius 3 is 1.93 bits per heavy atom. The summed E-state index contributed by atoms with van der Waals surface area (Å²) in [5, 5.41) is 5.36. The molecule has 0 radical (unpaired) electrons. The quantitative estimate of drug-likeness (QED) is 0.610. The second-order valence-electron chi connectivity index (χ2n) is 5.89. The molecule has 0 heterocycles. The van der Waals surface area contributed by atoms with Gasteiger partial charge < -0.3 is 10.6 Å². The van der Waals surface area contributed by atoms with Crippen LogP contribution in [0.2, 0.25) is 0 Å². The van der Waals surface area contributed by atoms with Gasteiger partial charge in [0.2, 0.25) is 0 Å². The number of carbonyl (C=O) groups is 1. The van der Waals surface area contributed by atoms with Crippen molar-refractivity contribution >= 4 is 33.1 Å². The molecule has 2 amide bonds. The van der Waals surface area contributed by atoms with Crippen molar-refractivity contribution < 1.29 is 13.2 Å². The maximum atomic E-state index is 12.5. The van der Waals surface area contributed by atoms with Gasteiger partial charge in [-0.3, -0.25) is 4.72 Å². The number of amides is 2. The lowest BCUT2D eigenvalue weighted by atomic mass is 10.2. The first kappa shape index (κ1) is 18.5. The molecule has 6 nitrogen and oxygen atoms in total. The summed E-state index contributed by atoms with van der Waals surface area (Å²) < 4.78 is 27.6. The van der Waals surface area contributed by atoms with Crippen molar-refractivity contribution in [2.75, 3.05) is 15.4 Å². The van der Waals surface area contributed by atoms with E-state index in [9.17, 15) is 13.2 Å². The minimum atomic E-state index is -3.71. The molecule has 0 saturated carbocycles. The zero-order valence-electron chi connectivity index (χ0n) is 14.6. The molecule has 0 unspecified atom stereocenters. The Morgan fingerprint density at radius 2 is 1.30 bits per heavy atom.